The Balaban J connectivity index is 1.70. The van der Waals surface area contributed by atoms with E-state index in [2.05, 4.69) is 10.3 Å². The van der Waals surface area contributed by atoms with Gasteiger partial charge in [-0.25, -0.2) is 9.78 Å². The van der Waals surface area contributed by atoms with Crippen LogP contribution in [0.2, 0.25) is 0 Å². The molecule has 0 atom stereocenters. The third-order valence-corrected chi connectivity index (χ3v) is 4.38. The summed E-state index contributed by atoms with van der Waals surface area (Å²) in [4.78, 5) is 15.4. The minimum Gasteiger partial charge on any atom is -0.477 e. The molecule has 2 rings (SSSR count). The van der Waals surface area contributed by atoms with E-state index in [1.54, 1.807) is 6.92 Å². The Labute approximate surface area is 117 Å². The first-order valence-electron chi connectivity index (χ1n) is 6.73. The Morgan fingerprint density at radius 1 is 1.47 bits per heavy atom. The summed E-state index contributed by atoms with van der Waals surface area (Å²) in [6.45, 7) is 3.03. The van der Waals surface area contributed by atoms with Crippen molar-refractivity contribution in [2.75, 3.05) is 18.5 Å². The molecule has 0 aromatic carbocycles. The standard InChI is InChI=1S/C13H20N2O3S/c1-9-11(12(16)17)19-13(15-9)14-7-8-18-10-5-3-2-4-6-10/h10H,2-8H2,1H3,(H,14,15)(H,16,17). The van der Waals surface area contributed by atoms with Crippen molar-refractivity contribution in [3.8, 4) is 0 Å². The maximum atomic E-state index is 10.9. The lowest BCUT2D eigenvalue weighted by atomic mass is 9.98. The van der Waals surface area contributed by atoms with Gasteiger partial charge in [-0.2, -0.15) is 0 Å². The van der Waals surface area contributed by atoms with Gasteiger partial charge in [0.1, 0.15) is 4.88 Å². The van der Waals surface area contributed by atoms with Crippen LogP contribution in [-0.2, 0) is 4.74 Å². The second-order valence-electron chi connectivity index (χ2n) is 4.80. The van der Waals surface area contributed by atoms with E-state index < -0.39 is 5.97 Å². The average Bonchev–Trinajstić information content (AvgIpc) is 2.77. The van der Waals surface area contributed by atoms with Crippen molar-refractivity contribution in [3.63, 3.8) is 0 Å². The molecule has 0 radical (unpaired) electrons. The summed E-state index contributed by atoms with van der Waals surface area (Å²) in [6, 6.07) is 0. The highest BCUT2D eigenvalue weighted by molar-refractivity contribution is 7.17. The lowest BCUT2D eigenvalue weighted by molar-refractivity contribution is 0.0347. The van der Waals surface area contributed by atoms with Crippen molar-refractivity contribution in [2.24, 2.45) is 0 Å². The van der Waals surface area contributed by atoms with Gasteiger partial charge in [0.25, 0.3) is 0 Å². The van der Waals surface area contributed by atoms with Crippen LogP contribution >= 0.6 is 11.3 Å². The largest absolute Gasteiger partial charge is 0.477 e. The fraction of sp³-hybridized carbons (Fsp3) is 0.692. The Morgan fingerprint density at radius 2 is 2.21 bits per heavy atom. The van der Waals surface area contributed by atoms with Crippen molar-refractivity contribution < 1.29 is 14.6 Å². The van der Waals surface area contributed by atoms with Crippen LogP contribution in [0.1, 0.15) is 47.5 Å². The van der Waals surface area contributed by atoms with Crippen molar-refractivity contribution in [3.05, 3.63) is 10.6 Å². The van der Waals surface area contributed by atoms with Gasteiger partial charge in [-0.1, -0.05) is 30.6 Å². The van der Waals surface area contributed by atoms with E-state index in [4.69, 9.17) is 9.84 Å². The molecule has 1 aliphatic rings. The average molecular weight is 284 g/mol. The molecule has 1 aliphatic carbocycles. The molecular formula is C13H20N2O3S. The lowest BCUT2D eigenvalue weighted by Gasteiger charge is -2.21. The molecule has 6 heteroatoms. The summed E-state index contributed by atoms with van der Waals surface area (Å²) < 4.78 is 5.79. The van der Waals surface area contributed by atoms with Gasteiger partial charge in [-0.3, -0.25) is 0 Å². The second kappa shape index (κ2) is 6.86. The van der Waals surface area contributed by atoms with E-state index in [0.29, 0.717) is 35.0 Å². The molecule has 5 nitrogen and oxygen atoms in total. The Hall–Kier alpha value is -1.14. The number of ether oxygens (including phenoxy) is 1. The Bertz CT molecular complexity index is 428. The minimum atomic E-state index is -0.915. The van der Waals surface area contributed by atoms with Crippen LogP contribution in [0.4, 0.5) is 5.13 Å². The molecule has 19 heavy (non-hydrogen) atoms. The zero-order chi connectivity index (χ0) is 13.7. The predicted molar refractivity (Wildman–Crippen MR) is 75.1 cm³/mol. The smallest absolute Gasteiger partial charge is 0.347 e. The highest BCUT2D eigenvalue weighted by atomic mass is 32.1. The zero-order valence-electron chi connectivity index (χ0n) is 11.1. The van der Waals surface area contributed by atoms with Gasteiger partial charge in [-0.05, 0) is 19.8 Å². The number of rotatable bonds is 6. The molecule has 1 fully saturated rings. The Kier molecular flexibility index (Phi) is 5.15. The molecule has 0 aliphatic heterocycles. The number of hydrogen-bond donors (Lipinski definition) is 2. The van der Waals surface area contributed by atoms with Crippen LogP contribution < -0.4 is 5.32 Å². The number of aromatic nitrogens is 1. The molecule has 106 valence electrons. The maximum Gasteiger partial charge on any atom is 0.347 e. The zero-order valence-corrected chi connectivity index (χ0v) is 12.0. The number of aromatic carboxylic acids is 1. The molecular weight excluding hydrogens is 264 g/mol. The number of anilines is 1. The van der Waals surface area contributed by atoms with Crippen molar-refractivity contribution in [2.45, 2.75) is 45.1 Å². The molecule has 1 saturated carbocycles. The molecule has 0 bridgehead atoms. The van der Waals surface area contributed by atoms with Gasteiger partial charge in [0, 0.05) is 6.54 Å². The first-order valence-corrected chi connectivity index (χ1v) is 7.54. The molecule has 1 heterocycles. The summed E-state index contributed by atoms with van der Waals surface area (Å²) in [5.41, 5.74) is 0.563. The maximum absolute atomic E-state index is 10.9. The van der Waals surface area contributed by atoms with Crippen LogP contribution in [0.25, 0.3) is 0 Å². The first kappa shape index (κ1) is 14.3. The molecule has 2 N–H and O–H groups in total. The lowest BCUT2D eigenvalue weighted by Crippen LogP contribution is -2.20. The van der Waals surface area contributed by atoms with E-state index in [9.17, 15) is 4.79 Å². The third kappa shape index (κ3) is 4.18. The number of thiazole rings is 1. The van der Waals surface area contributed by atoms with Gasteiger partial charge >= 0.3 is 5.97 Å². The number of carboxylic acid groups (broad SMARTS) is 1. The number of aryl methyl sites for hydroxylation is 1. The topological polar surface area (TPSA) is 71.5 Å². The fourth-order valence-corrected chi connectivity index (χ4v) is 3.12. The SMILES string of the molecule is Cc1nc(NCCOC2CCCCC2)sc1C(=O)O. The molecule has 0 saturated heterocycles. The normalized spacial score (nSPS) is 16.5. The third-order valence-electron chi connectivity index (χ3n) is 3.27. The first-order chi connectivity index (χ1) is 9.16. The molecule has 1 aromatic heterocycles. The minimum absolute atomic E-state index is 0.302. The monoisotopic (exact) mass is 284 g/mol. The molecule has 1 aromatic rings. The van der Waals surface area contributed by atoms with Crippen LogP contribution in [0.5, 0.6) is 0 Å². The van der Waals surface area contributed by atoms with Crippen LogP contribution in [-0.4, -0.2) is 35.3 Å². The second-order valence-corrected chi connectivity index (χ2v) is 5.80. The predicted octanol–water partition coefficient (Wildman–Crippen LogP) is 2.91. The van der Waals surface area contributed by atoms with Crippen molar-refractivity contribution in [1.82, 2.24) is 4.98 Å². The molecule has 0 unspecified atom stereocenters. The van der Waals surface area contributed by atoms with Crippen LogP contribution in [0.15, 0.2) is 0 Å². The van der Waals surface area contributed by atoms with E-state index in [0.717, 1.165) is 0 Å². The van der Waals surface area contributed by atoms with Crippen LogP contribution in [0, 0.1) is 6.92 Å². The van der Waals surface area contributed by atoms with Crippen molar-refractivity contribution in [1.29, 1.82) is 0 Å². The van der Waals surface area contributed by atoms with Gasteiger partial charge in [0.2, 0.25) is 0 Å². The van der Waals surface area contributed by atoms with E-state index in [-0.39, 0.29) is 0 Å². The molecule has 0 spiro atoms. The van der Waals surface area contributed by atoms with E-state index in [1.807, 2.05) is 0 Å². The van der Waals surface area contributed by atoms with Gasteiger partial charge in [-0.15, -0.1) is 0 Å². The van der Waals surface area contributed by atoms with Gasteiger partial charge < -0.3 is 15.2 Å². The summed E-state index contributed by atoms with van der Waals surface area (Å²) >= 11 is 1.18. The van der Waals surface area contributed by atoms with Crippen LogP contribution in [0.3, 0.4) is 0 Å². The number of carbonyl (C=O) groups is 1. The highest BCUT2D eigenvalue weighted by Gasteiger charge is 2.15. The summed E-state index contributed by atoms with van der Waals surface area (Å²) in [7, 11) is 0. The van der Waals surface area contributed by atoms with Crippen molar-refractivity contribution >= 4 is 22.4 Å². The van der Waals surface area contributed by atoms with E-state index in [1.165, 1.54) is 43.4 Å². The summed E-state index contributed by atoms with van der Waals surface area (Å²) in [5, 5.41) is 12.7. The number of hydrogen-bond acceptors (Lipinski definition) is 5. The fourth-order valence-electron chi connectivity index (χ4n) is 2.29. The van der Waals surface area contributed by atoms with E-state index >= 15 is 0 Å². The summed E-state index contributed by atoms with van der Waals surface area (Å²) in [6.07, 6.45) is 6.61. The number of nitrogens with zero attached hydrogens (tertiary/aromatic N) is 1. The molecule has 0 amide bonds. The Morgan fingerprint density at radius 3 is 2.84 bits per heavy atom. The highest BCUT2D eigenvalue weighted by Crippen LogP contribution is 2.22. The number of carboxylic acids is 1. The quantitative estimate of drug-likeness (QED) is 0.786. The number of nitrogens with one attached hydrogen (secondary N) is 1. The van der Waals surface area contributed by atoms with Gasteiger partial charge in [0.05, 0.1) is 18.4 Å². The summed E-state index contributed by atoms with van der Waals surface area (Å²) in [5.74, 6) is -0.915. The van der Waals surface area contributed by atoms with Gasteiger partial charge in [0.15, 0.2) is 5.13 Å².